The number of carbonyl (C=O) groups excluding carboxylic acids is 1. The molecule has 6 heteroatoms. The number of hydrogen-bond donors (Lipinski definition) is 1. The summed E-state index contributed by atoms with van der Waals surface area (Å²) >= 11 is 3.34. The van der Waals surface area contributed by atoms with E-state index in [-0.39, 0.29) is 11.9 Å². The Labute approximate surface area is 143 Å². The van der Waals surface area contributed by atoms with Gasteiger partial charge in [0.1, 0.15) is 5.01 Å². The Balaban J connectivity index is 1.58. The van der Waals surface area contributed by atoms with Crippen LogP contribution in [0.15, 0.2) is 41.8 Å². The summed E-state index contributed by atoms with van der Waals surface area (Å²) in [4.78, 5) is 20.0. The predicted octanol–water partition coefficient (Wildman–Crippen LogP) is 3.67. The summed E-state index contributed by atoms with van der Waals surface area (Å²) in [6.07, 6.45) is 0. The first-order valence-electron chi connectivity index (χ1n) is 7.48. The summed E-state index contributed by atoms with van der Waals surface area (Å²) in [5.41, 5.74) is 1.02. The Hall–Kier alpha value is -1.76. The molecule has 1 N–H and O–H groups in total. The number of aromatic nitrogens is 1. The highest BCUT2D eigenvalue weighted by molar-refractivity contribution is 7.18. The highest BCUT2D eigenvalue weighted by Gasteiger charge is 2.18. The number of thiazole rings is 1. The molecule has 3 rings (SSSR count). The minimum Gasteiger partial charge on any atom is -0.350 e. The van der Waals surface area contributed by atoms with Crippen molar-refractivity contribution in [1.29, 1.82) is 0 Å². The molecule has 0 aliphatic carbocycles. The molecule has 0 saturated heterocycles. The van der Waals surface area contributed by atoms with Gasteiger partial charge in [-0.25, -0.2) is 4.98 Å². The van der Waals surface area contributed by atoms with Gasteiger partial charge in [0.05, 0.1) is 29.3 Å². The number of carbonyl (C=O) groups is 1. The number of fused-ring (bicyclic) bond motifs is 1. The SMILES string of the molecule is CC(c1nc2ccccc2s1)N(C)CC(=O)NCc1cccs1. The van der Waals surface area contributed by atoms with Crippen LogP contribution in [-0.2, 0) is 11.3 Å². The van der Waals surface area contributed by atoms with E-state index in [1.807, 2.05) is 47.7 Å². The second-order valence-electron chi connectivity index (χ2n) is 5.47. The third-order valence-electron chi connectivity index (χ3n) is 3.76. The molecule has 0 aliphatic rings. The lowest BCUT2D eigenvalue weighted by atomic mass is 10.3. The van der Waals surface area contributed by atoms with E-state index in [1.165, 1.54) is 9.58 Å². The van der Waals surface area contributed by atoms with E-state index in [2.05, 4.69) is 23.3 Å². The first-order chi connectivity index (χ1) is 11.1. The molecule has 0 aliphatic heterocycles. The van der Waals surface area contributed by atoms with E-state index in [0.717, 1.165) is 10.5 Å². The summed E-state index contributed by atoms with van der Waals surface area (Å²) in [6, 6.07) is 12.3. The fourth-order valence-corrected chi connectivity index (χ4v) is 4.00. The molecule has 1 unspecified atom stereocenters. The predicted molar refractivity (Wildman–Crippen MR) is 96.8 cm³/mol. The standard InChI is InChI=1S/C17H19N3OS2/c1-12(17-19-14-7-3-4-8-15(14)23-17)20(2)11-16(21)18-10-13-6-5-9-22-13/h3-9,12H,10-11H2,1-2H3,(H,18,21). The molecule has 1 aromatic carbocycles. The van der Waals surface area contributed by atoms with Crippen molar-refractivity contribution < 1.29 is 4.79 Å². The van der Waals surface area contributed by atoms with Gasteiger partial charge >= 0.3 is 0 Å². The zero-order valence-electron chi connectivity index (χ0n) is 13.2. The minimum atomic E-state index is 0.0360. The fourth-order valence-electron chi connectivity index (χ4n) is 2.28. The van der Waals surface area contributed by atoms with Gasteiger partial charge in [-0.2, -0.15) is 0 Å². The van der Waals surface area contributed by atoms with E-state index in [9.17, 15) is 4.79 Å². The lowest BCUT2D eigenvalue weighted by Gasteiger charge is -2.22. The van der Waals surface area contributed by atoms with Crippen molar-refractivity contribution in [1.82, 2.24) is 15.2 Å². The average Bonchev–Trinajstić information content (AvgIpc) is 3.21. The Morgan fingerprint density at radius 1 is 1.30 bits per heavy atom. The second-order valence-corrected chi connectivity index (χ2v) is 7.56. The van der Waals surface area contributed by atoms with E-state index in [0.29, 0.717) is 13.1 Å². The number of likely N-dealkylation sites (N-methyl/N-ethyl adjacent to an activating group) is 1. The molecule has 23 heavy (non-hydrogen) atoms. The molecular formula is C17H19N3OS2. The molecule has 0 fully saturated rings. The van der Waals surface area contributed by atoms with E-state index < -0.39 is 0 Å². The van der Waals surface area contributed by atoms with Gasteiger partial charge in [-0.3, -0.25) is 9.69 Å². The zero-order valence-corrected chi connectivity index (χ0v) is 14.8. The largest absolute Gasteiger partial charge is 0.350 e. The molecule has 1 atom stereocenters. The maximum absolute atomic E-state index is 12.1. The van der Waals surface area contributed by atoms with Crippen molar-refractivity contribution in [2.24, 2.45) is 0 Å². The highest BCUT2D eigenvalue weighted by Crippen LogP contribution is 2.28. The maximum Gasteiger partial charge on any atom is 0.234 e. The van der Waals surface area contributed by atoms with Crippen LogP contribution < -0.4 is 5.32 Å². The molecule has 2 heterocycles. The smallest absolute Gasteiger partial charge is 0.234 e. The number of nitrogens with zero attached hydrogens (tertiary/aromatic N) is 2. The second kappa shape index (κ2) is 7.21. The topological polar surface area (TPSA) is 45.2 Å². The third-order valence-corrected chi connectivity index (χ3v) is 5.84. The van der Waals surface area contributed by atoms with Crippen LogP contribution in [0.3, 0.4) is 0 Å². The molecule has 120 valence electrons. The number of rotatable bonds is 6. The normalized spacial score (nSPS) is 12.7. The Morgan fingerprint density at radius 3 is 2.87 bits per heavy atom. The van der Waals surface area contributed by atoms with Crippen LogP contribution >= 0.6 is 22.7 Å². The lowest BCUT2D eigenvalue weighted by Crippen LogP contribution is -2.35. The number of amides is 1. The molecule has 0 radical (unpaired) electrons. The number of hydrogen-bond acceptors (Lipinski definition) is 5. The first kappa shape index (κ1) is 16.1. The molecule has 0 saturated carbocycles. The van der Waals surface area contributed by atoms with E-state index in [4.69, 9.17) is 0 Å². The van der Waals surface area contributed by atoms with Crippen molar-refractivity contribution in [2.45, 2.75) is 19.5 Å². The fraction of sp³-hybridized carbons (Fsp3) is 0.294. The van der Waals surface area contributed by atoms with Gasteiger partial charge in [0.2, 0.25) is 5.91 Å². The summed E-state index contributed by atoms with van der Waals surface area (Å²) < 4.78 is 1.19. The Morgan fingerprint density at radius 2 is 2.13 bits per heavy atom. The van der Waals surface area contributed by atoms with Gasteiger partial charge in [-0.15, -0.1) is 22.7 Å². The van der Waals surface area contributed by atoms with E-state index in [1.54, 1.807) is 22.7 Å². The van der Waals surface area contributed by atoms with Crippen LogP contribution in [0, 0.1) is 0 Å². The van der Waals surface area contributed by atoms with Crippen molar-refractivity contribution in [2.75, 3.05) is 13.6 Å². The van der Waals surface area contributed by atoms with Crippen LogP contribution in [0.4, 0.5) is 0 Å². The molecule has 2 aromatic heterocycles. The summed E-state index contributed by atoms with van der Waals surface area (Å²) in [5, 5.41) is 6.02. The van der Waals surface area contributed by atoms with Gasteiger partial charge in [0.25, 0.3) is 0 Å². The van der Waals surface area contributed by atoms with Gasteiger partial charge in [0, 0.05) is 4.88 Å². The molecular weight excluding hydrogens is 326 g/mol. The van der Waals surface area contributed by atoms with E-state index >= 15 is 0 Å². The minimum absolute atomic E-state index is 0.0360. The number of benzene rings is 1. The van der Waals surface area contributed by atoms with Gasteiger partial charge < -0.3 is 5.32 Å². The quantitative estimate of drug-likeness (QED) is 0.741. The Kier molecular flexibility index (Phi) is 5.05. The lowest BCUT2D eigenvalue weighted by molar-refractivity contribution is -0.122. The first-order valence-corrected chi connectivity index (χ1v) is 9.18. The van der Waals surface area contributed by atoms with Gasteiger partial charge in [-0.05, 0) is 37.6 Å². The van der Waals surface area contributed by atoms with Crippen molar-refractivity contribution in [3.8, 4) is 0 Å². The van der Waals surface area contributed by atoms with Crippen LogP contribution in [-0.4, -0.2) is 29.4 Å². The molecule has 1 amide bonds. The summed E-state index contributed by atoms with van der Waals surface area (Å²) in [6.45, 7) is 3.05. The van der Waals surface area contributed by atoms with Crippen molar-refractivity contribution in [3.63, 3.8) is 0 Å². The molecule has 0 spiro atoms. The van der Waals surface area contributed by atoms with Gasteiger partial charge in [0.15, 0.2) is 0 Å². The van der Waals surface area contributed by atoms with Crippen molar-refractivity contribution in [3.05, 3.63) is 51.7 Å². The average molecular weight is 345 g/mol. The zero-order chi connectivity index (χ0) is 16.2. The molecule has 3 aromatic rings. The number of nitrogens with one attached hydrogen (secondary N) is 1. The van der Waals surface area contributed by atoms with Crippen LogP contribution in [0.5, 0.6) is 0 Å². The number of thiophene rings is 1. The Bertz CT molecular complexity index is 749. The van der Waals surface area contributed by atoms with Crippen LogP contribution in [0.25, 0.3) is 10.2 Å². The monoisotopic (exact) mass is 345 g/mol. The van der Waals surface area contributed by atoms with Crippen LogP contribution in [0.2, 0.25) is 0 Å². The van der Waals surface area contributed by atoms with Crippen molar-refractivity contribution >= 4 is 38.8 Å². The summed E-state index contributed by atoms with van der Waals surface area (Å²) in [5.74, 6) is 0.0360. The number of para-hydroxylation sites is 1. The maximum atomic E-state index is 12.1. The molecule has 0 bridgehead atoms. The van der Waals surface area contributed by atoms with Crippen LogP contribution in [0.1, 0.15) is 22.9 Å². The third kappa shape index (κ3) is 3.96. The van der Waals surface area contributed by atoms with Gasteiger partial charge in [-0.1, -0.05) is 18.2 Å². The molecule has 4 nitrogen and oxygen atoms in total. The highest BCUT2D eigenvalue weighted by atomic mass is 32.1. The summed E-state index contributed by atoms with van der Waals surface area (Å²) in [7, 11) is 1.96.